The van der Waals surface area contributed by atoms with Gasteiger partial charge in [-0.3, -0.25) is 4.79 Å². The SMILES string of the molecule is C=CCCCO[C@@H]1OC(COCc2ccccc2)[C@H](OCc2ccccc2)[C@H](OCc2ccccc2)C1O[C@@H]1OC(COCc2ccccc2)[C@H](OCc2ccccc2)[C@H](OCc2ccccc2)C1OC(C)=O. The molecule has 0 N–H and O–H groups in total. The molecule has 0 radical (unpaired) electrons. The topological polar surface area (TPSA) is 119 Å². The molecule has 6 aromatic rings. The maximum atomic E-state index is 13.4. The van der Waals surface area contributed by atoms with Crippen LogP contribution in [0.15, 0.2) is 195 Å². The van der Waals surface area contributed by atoms with Crippen LogP contribution in [-0.4, -0.2) is 87.2 Å². The van der Waals surface area contributed by atoms with Gasteiger partial charge in [0.15, 0.2) is 18.7 Å². The van der Waals surface area contributed by atoms with Crippen LogP contribution >= 0.6 is 0 Å². The quantitative estimate of drug-likeness (QED) is 0.0264. The number of benzene rings is 6. The van der Waals surface area contributed by atoms with Crippen molar-refractivity contribution in [3.05, 3.63) is 228 Å². The lowest BCUT2D eigenvalue weighted by Crippen LogP contribution is -2.66. The Morgan fingerprint density at radius 3 is 1.15 bits per heavy atom. The fourth-order valence-electron chi connectivity index (χ4n) is 8.90. The minimum Gasteiger partial charge on any atom is -0.454 e. The van der Waals surface area contributed by atoms with Gasteiger partial charge in [-0.25, -0.2) is 0 Å². The largest absolute Gasteiger partial charge is 0.454 e. The van der Waals surface area contributed by atoms with Gasteiger partial charge in [-0.2, -0.15) is 0 Å². The zero-order chi connectivity index (χ0) is 50.3. The first-order valence-electron chi connectivity index (χ1n) is 25.2. The van der Waals surface area contributed by atoms with Gasteiger partial charge < -0.3 is 52.1 Å². The number of carbonyl (C=O) groups excluding carboxylic acids is 1. The van der Waals surface area contributed by atoms with Crippen molar-refractivity contribution in [1.82, 2.24) is 0 Å². The Morgan fingerprint density at radius 1 is 0.438 bits per heavy atom. The Labute approximate surface area is 430 Å². The second-order valence-corrected chi connectivity index (χ2v) is 18.1. The van der Waals surface area contributed by atoms with Gasteiger partial charge in [0.2, 0.25) is 0 Å². The fourth-order valence-corrected chi connectivity index (χ4v) is 8.90. The molecule has 2 heterocycles. The van der Waals surface area contributed by atoms with Gasteiger partial charge in [-0.15, -0.1) is 6.58 Å². The van der Waals surface area contributed by atoms with Gasteiger partial charge in [0.05, 0.1) is 59.5 Å². The summed E-state index contributed by atoms with van der Waals surface area (Å²) in [5.41, 5.74) is 5.74. The highest BCUT2D eigenvalue weighted by Gasteiger charge is 2.55. The van der Waals surface area contributed by atoms with E-state index in [9.17, 15) is 4.79 Å². The lowest BCUT2D eigenvalue weighted by molar-refractivity contribution is -0.380. The van der Waals surface area contributed by atoms with Crippen molar-refractivity contribution >= 4 is 5.97 Å². The van der Waals surface area contributed by atoms with Gasteiger partial charge in [0.25, 0.3) is 0 Å². The number of esters is 1. The third kappa shape index (κ3) is 16.6. The highest BCUT2D eigenvalue weighted by Crippen LogP contribution is 2.37. The molecule has 0 amide bonds. The van der Waals surface area contributed by atoms with Crippen LogP contribution in [0, 0.1) is 0 Å². The van der Waals surface area contributed by atoms with Crippen molar-refractivity contribution < 1.29 is 56.9 Å². The molecule has 73 heavy (non-hydrogen) atoms. The maximum absolute atomic E-state index is 13.4. The van der Waals surface area contributed by atoms with Crippen LogP contribution in [0.3, 0.4) is 0 Å². The molecule has 10 atom stereocenters. The van der Waals surface area contributed by atoms with E-state index in [1.54, 1.807) is 0 Å². The Kier molecular flexibility index (Phi) is 21.3. The Morgan fingerprint density at radius 2 is 0.781 bits per heavy atom. The number of unbranched alkanes of at least 4 members (excludes halogenated alkanes) is 1. The van der Waals surface area contributed by atoms with Gasteiger partial charge >= 0.3 is 5.97 Å². The van der Waals surface area contributed by atoms with Crippen molar-refractivity contribution in [3.8, 4) is 0 Å². The first-order valence-corrected chi connectivity index (χ1v) is 25.2. The molecule has 384 valence electrons. The molecular weight excluding hydrogens is 925 g/mol. The fraction of sp³-hybridized carbons (Fsp3) is 0.361. The van der Waals surface area contributed by atoms with E-state index in [2.05, 4.69) is 6.58 Å². The molecule has 8 rings (SSSR count). The summed E-state index contributed by atoms with van der Waals surface area (Å²) in [6.45, 7) is 7.29. The average Bonchev–Trinajstić information content (AvgIpc) is 3.43. The molecule has 0 bridgehead atoms. The number of carbonyl (C=O) groups is 1. The van der Waals surface area contributed by atoms with Crippen molar-refractivity contribution in [2.75, 3.05) is 19.8 Å². The monoisotopic (exact) mass is 992 g/mol. The summed E-state index contributed by atoms with van der Waals surface area (Å²) >= 11 is 0. The molecule has 0 aromatic heterocycles. The predicted octanol–water partition coefficient (Wildman–Crippen LogP) is 10.5. The highest BCUT2D eigenvalue weighted by atomic mass is 16.8. The summed E-state index contributed by atoms with van der Waals surface area (Å²) in [4.78, 5) is 13.4. The molecule has 2 saturated heterocycles. The summed E-state index contributed by atoms with van der Waals surface area (Å²) in [7, 11) is 0. The van der Waals surface area contributed by atoms with Crippen LogP contribution in [0.25, 0.3) is 0 Å². The van der Waals surface area contributed by atoms with Gasteiger partial charge in [0, 0.05) is 6.92 Å². The van der Waals surface area contributed by atoms with Crippen molar-refractivity contribution in [2.45, 2.75) is 121 Å². The number of hydrogen-bond donors (Lipinski definition) is 0. The summed E-state index contributed by atoms with van der Waals surface area (Å²) in [6.07, 6.45) is -6.16. The first kappa shape index (κ1) is 53.4. The summed E-state index contributed by atoms with van der Waals surface area (Å²) in [6, 6.07) is 59.4. The Balaban J connectivity index is 1.18. The summed E-state index contributed by atoms with van der Waals surface area (Å²) in [5, 5.41) is 0. The minimum absolute atomic E-state index is 0.0758. The molecule has 2 aliphatic heterocycles. The van der Waals surface area contributed by atoms with Crippen LogP contribution < -0.4 is 0 Å². The van der Waals surface area contributed by atoms with E-state index < -0.39 is 67.4 Å². The Hall–Kier alpha value is -5.87. The predicted molar refractivity (Wildman–Crippen MR) is 275 cm³/mol. The molecule has 0 spiro atoms. The lowest BCUT2D eigenvalue weighted by atomic mass is 9.96. The lowest BCUT2D eigenvalue weighted by Gasteiger charge is -2.50. The Bertz CT molecular complexity index is 2450. The minimum atomic E-state index is -1.29. The molecule has 2 fully saturated rings. The number of ether oxygens (including phenoxy) is 11. The van der Waals surface area contributed by atoms with E-state index in [1.807, 2.05) is 188 Å². The van der Waals surface area contributed by atoms with Crippen molar-refractivity contribution in [1.29, 1.82) is 0 Å². The van der Waals surface area contributed by atoms with Crippen LogP contribution in [0.4, 0.5) is 0 Å². The number of rotatable bonds is 28. The van der Waals surface area contributed by atoms with E-state index in [1.165, 1.54) is 6.92 Å². The maximum Gasteiger partial charge on any atom is 0.303 e. The first-order chi connectivity index (χ1) is 36.0. The second-order valence-electron chi connectivity index (χ2n) is 18.1. The molecule has 0 aliphatic carbocycles. The molecular formula is C61H68O12. The molecule has 0 saturated carbocycles. The van der Waals surface area contributed by atoms with Gasteiger partial charge in [0.1, 0.15) is 42.7 Å². The summed E-state index contributed by atoms with van der Waals surface area (Å²) < 4.78 is 74.9. The average molecular weight is 993 g/mol. The molecule has 2 aliphatic rings. The summed E-state index contributed by atoms with van der Waals surface area (Å²) in [5.74, 6) is -0.565. The molecule has 12 heteroatoms. The molecule has 4 unspecified atom stereocenters. The van der Waals surface area contributed by atoms with Crippen LogP contribution in [0.1, 0.15) is 53.1 Å². The van der Waals surface area contributed by atoms with E-state index in [4.69, 9.17) is 52.1 Å². The van der Waals surface area contributed by atoms with E-state index >= 15 is 0 Å². The van der Waals surface area contributed by atoms with E-state index in [0.717, 1.165) is 33.4 Å². The third-order valence-corrected chi connectivity index (χ3v) is 12.5. The van der Waals surface area contributed by atoms with Gasteiger partial charge in [-0.05, 0) is 46.2 Å². The third-order valence-electron chi connectivity index (χ3n) is 12.5. The molecule has 12 nitrogen and oxygen atoms in total. The standard InChI is InChI=1S/C61H68O12/c1-3-4-23-36-65-60-58(56(68-41-50-32-19-9-20-33-50)54(66-39-48-28-15-7-16-29-48)52(71-60)43-63-37-46-24-11-5-12-25-46)73-61-59(70-45(2)62)57(69-42-51-34-21-10-22-35-51)55(67-40-49-30-17-8-18-31-49)53(72-61)44-64-38-47-26-13-6-14-27-47/h3,5-22,24-35,52-61H,1,4,23,36-44H2,2H3/t52?,53?,54-,55-,56-,57-,58?,59?,60+,61-/m0/s1. The highest BCUT2D eigenvalue weighted by molar-refractivity contribution is 5.66. The second kappa shape index (κ2) is 29.1. The van der Waals surface area contributed by atoms with Crippen molar-refractivity contribution in [2.24, 2.45) is 0 Å². The number of hydrogen-bond acceptors (Lipinski definition) is 12. The smallest absolute Gasteiger partial charge is 0.303 e. The number of allylic oxidation sites excluding steroid dienone is 1. The van der Waals surface area contributed by atoms with Crippen LogP contribution in [0.2, 0.25) is 0 Å². The van der Waals surface area contributed by atoms with Gasteiger partial charge in [-0.1, -0.05) is 188 Å². The van der Waals surface area contributed by atoms with Crippen LogP contribution in [0.5, 0.6) is 0 Å². The normalized spacial score (nSPS) is 23.9. The van der Waals surface area contributed by atoms with E-state index in [0.29, 0.717) is 32.7 Å². The van der Waals surface area contributed by atoms with Crippen LogP contribution in [-0.2, 0) is 96.5 Å². The molecule has 6 aromatic carbocycles. The zero-order valence-electron chi connectivity index (χ0n) is 41.6. The van der Waals surface area contributed by atoms with E-state index in [-0.39, 0.29) is 39.6 Å². The van der Waals surface area contributed by atoms with Crippen molar-refractivity contribution in [3.63, 3.8) is 0 Å². The zero-order valence-corrected chi connectivity index (χ0v) is 41.6.